The monoisotopic (exact) mass is 429 g/mol. The molecule has 7 nitrogen and oxygen atoms in total. The number of para-hydroxylation sites is 1. The van der Waals surface area contributed by atoms with E-state index in [9.17, 15) is 4.79 Å². The number of furan rings is 1. The molecule has 7 heteroatoms. The number of nitrogens with zero attached hydrogens (tertiary/aromatic N) is 3. The second-order valence-corrected chi connectivity index (χ2v) is 8.43. The lowest BCUT2D eigenvalue weighted by atomic mass is 9.96. The number of methoxy groups -OCH3 is 2. The summed E-state index contributed by atoms with van der Waals surface area (Å²) in [7, 11) is 7.30. The molecule has 0 bridgehead atoms. The fraction of sp³-hybridized carbons (Fsp3) is 0.542. The molecule has 1 atom stereocenters. The Bertz CT molecular complexity index is 836. The summed E-state index contributed by atoms with van der Waals surface area (Å²) < 4.78 is 16.2. The molecule has 3 rings (SSSR count). The van der Waals surface area contributed by atoms with Crippen molar-refractivity contribution in [1.82, 2.24) is 14.7 Å². The van der Waals surface area contributed by atoms with Crippen molar-refractivity contribution >= 4 is 5.91 Å². The van der Waals surface area contributed by atoms with E-state index >= 15 is 0 Å². The van der Waals surface area contributed by atoms with Crippen LogP contribution < -0.4 is 9.47 Å². The normalized spacial score (nSPS) is 17.0. The molecule has 1 aromatic carbocycles. The summed E-state index contributed by atoms with van der Waals surface area (Å²) in [6.07, 6.45) is 2.25. The van der Waals surface area contributed by atoms with Crippen molar-refractivity contribution in [2.24, 2.45) is 5.92 Å². The van der Waals surface area contributed by atoms with Crippen LogP contribution in [0.2, 0.25) is 0 Å². The van der Waals surface area contributed by atoms with Gasteiger partial charge in [-0.15, -0.1) is 0 Å². The number of benzene rings is 1. The predicted molar refractivity (Wildman–Crippen MR) is 121 cm³/mol. The molecular weight excluding hydrogens is 394 g/mol. The number of carbonyl (C=O) groups is 1. The third kappa shape index (κ3) is 6.48. The quantitative estimate of drug-likeness (QED) is 0.578. The van der Waals surface area contributed by atoms with E-state index < -0.39 is 0 Å². The molecular formula is C24H35N3O4. The molecule has 1 aliphatic heterocycles. The topological polar surface area (TPSA) is 58.4 Å². The summed E-state index contributed by atoms with van der Waals surface area (Å²) in [4.78, 5) is 19.6. The molecule has 2 aromatic rings. The van der Waals surface area contributed by atoms with Gasteiger partial charge < -0.3 is 23.7 Å². The summed E-state index contributed by atoms with van der Waals surface area (Å²) in [5.74, 6) is 1.96. The van der Waals surface area contributed by atoms with Gasteiger partial charge in [-0.1, -0.05) is 18.2 Å². The van der Waals surface area contributed by atoms with Gasteiger partial charge in [0.2, 0.25) is 0 Å². The van der Waals surface area contributed by atoms with Crippen LogP contribution in [0.5, 0.6) is 11.7 Å². The van der Waals surface area contributed by atoms with Crippen LogP contribution in [-0.2, 0) is 6.54 Å². The van der Waals surface area contributed by atoms with E-state index in [0.29, 0.717) is 24.2 Å². The van der Waals surface area contributed by atoms with Crippen molar-refractivity contribution in [2.45, 2.75) is 19.4 Å². The number of likely N-dealkylation sites (N-methyl/N-ethyl adjacent to an activating group) is 1. The van der Waals surface area contributed by atoms with E-state index in [1.807, 2.05) is 31.1 Å². The molecule has 2 heterocycles. The van der Waals surface area contributed by atoms with Crippen LogP contribution in [0.3, 0.4) is 0 Å². The molecule has 0 spiro atoms. The number of likely N-dealkylation sites (tertiary alicyclic amines) is 1. The van der Waals surface area contributed by atoms with Gasteiger partial charge in [0.05, 0.1) is 14.2 Å². The van der Waals surface area contributed by atoms with E-state index in [1.165, 1.54) is 12.7 Å². The lowest BCUT2D eigenvalue weighted by Gasteiger charge is -2.36. The fourth-order valence-corrected chi connectivity index (χ4v) is 4.13. The van der Waals surface area contributed by atoms with Crippen LogP contribution >= 0.6 is 0 Å². The third-order valence-electron chi connectivity index (χ3n) is 5.77. The standard InChI is InChI=1S/C24H35N3O4/c1-25(2)14-15-27(24(28)22-11-12-23(30-4)31-22)17-19-8-7-13-26(16-19)18-20-9-5-6-10-21(20)29-3/h5-6,9-12,19H,7-8,13-18H2,1-4H3. The van der Waals surface area contributed by atoms with Crippen molar-refractivity contribution < 1.29 is 18.7 Å². The molecule has 0 radical (unpaired) electrons. The Hall–Kier alpha value is -2.51. The molecule has 0 N–H and O–H groups in total. The van der Waals surface area contributed by atoms with Crippen molar-refractivity contribution in [1.29, 1.82) is 0 Å². The Morgan fingerprint density at radius 1 is 1.13 bits per heavy atom. The van der Waals surface area contributed by atoms with Gasteiger partial charge in [0, 0.05) is 44.4 Å². The molecule has 31 heavy (non-hydrogen) atoms. The highest BCUT2D eigenvalue weighted by atomic mass is 16.6. The highest BCUT2D eigenvalue weighted by Gasteiger charge is 2.27. The van der Waals surface area contributed by atoms with Crippen molar-refractivity contribution in [3.63, 3.8) is 0 Å². The van der Waals surface area contributed by atoms with Gasteiger partial charge in [0.15, 0.2) is 5.76 Å². The highest BCUT2D eigenvalue weighted by Crippen LogP contribution is 2.25. The van der Waals surface area contributed by atoms with Gasteiger partial charge >= 0.3 is 0 Å². The highest BCUT2D eigenvalue weighted by molar-refractivity contribution is 5.91. The van der Waals surface area contributed by atoms with Crippen LogP contribution in [0.25, 0.3) is 0 Å². The van der Waals surface area contributed by atoms with Crippen molar-refractivity contribution in [3.05, 3.63) is 47.7 Å². The first-order chi connectivity index (χ1) is 15.0. The molecule has 1 amide bonds. The lowest BCUT2D eigenvalue weighted by Crippen LogP contribution is -2.44. The molecule has 0 aliphatic carbocycles. The van der Waals surface area contributed by atoms with Crippen LogP contribution in [0.4, 0.5) is 0 Å². The van der Waals surface area contributed by atoms with Crippen LogP contribution in [-0.4, -0.2) is 81.6 Å². The molecule has 1 aliphatic rings. The largest absolute Gasteiger partial charge is 0.496 e. The molecule has 1 saturated heterocycles. The van der Waals surface area contributed by atoms with Gasteiger partial charge in [-0.2, -0.15) is 0 Å². The second kappa shape index (κ2) is 11.2. The Kier molecular flexibility index (Phi) is 8.37. The first-order valence-electron chi connectivity index (χ1n) is 10.9. The maximum atomic E-state index is 13.1. The number of hydrogen-bond donors (Lipinski definition) is 0. The van der Waals surface area contributed by atoms with E-state index in [1.54, 1.807) is 19.2 Å². The minimum atomic E-state index is -0.0768. The summed E-state index contributed by atoms with van der Waals surface area (Å²) in [5, 5.41) is 0. The molecule has 1 fully saturated rings. The zero-order chi connectivity index (χ0) is 22.2. The molecule has 1 aromatic heterocycles. The average molecular weight is 430 g/mol. The first kappa shape index (κ1) is 23.2. The SMILES string of the molecule is COc1ccc(C(=O)N(CCN(C)C)CC2CCCN(Cc3ccccc3OC)C2)o1. The molecule has 1 unspecified atom stereocenters. The van der Waals surface area contributed by atoms with Gasteiger partial charge in [-0.3, -0.25) is 9.69 Å². The van der Waals surface area contributed by atoms with Crippen molar-refractivity contribution in [2.75, 3.05) is 61.0 Å². The van der Waals surface area contributed by atoms with Gasteiger partial charge in [-0.25, -0.2) is 0 Å². The smallest absolute Gasteiger partial charge is 0.289 e. The maximum Gasteiger partial charge on any atom is 0.289 e. The zero-order valence-electron chi connectivity index (χ0n) is 19.2. The Morgan fingerprint density at radius 2 is 1.94 bits per heavy atom. The molecule has 170 valence electrons. The van der Waals surface area contributed by atoms with Crippen molar-refractivity contribution in [3.8, 4) is 11.7 Å². The summed E-state index contributed by atoms with van der Waals surface area (Å²) >= 11 is 0. The number of piperidine rings is 1. The second-order valence-electron chi connectivity index (χ2n) is 8.43. The summed E-state index contributed by atoms with van der Waals surface area (Å²) in [6, 6.07) is 11.6. The predicted octanol–water partition coefficient (Wildman–Crippen LogP) is 3.21. The van der Waals surface area contributed by atoms with Gasteiger partial charge in [-0.05, 0) is 51.5 Å². The summed E-state index contributed by atoms with van der Waals surface area (Å²) in [5.41, 5.74) is 1.20. The Morgan fingerprint density at radius 3 is 2.65 bits per heavy atom. The third-order valence-corrected chi connectivity index (χ3v) is 5.77. The van der Waals surface area contributed by atoms with Crippen LogP contribution in [0, 0.1) is 5.92 Å². The summed E-state index contributed by atoms with van der Waals surface area (Å²) in [6.45, 7) is 5.08. The minimum Gasteiger partial charge on any atom is -0.496 e. The number of ether oxygens (including phenoxy) is 2. The number of rotatable bonds is 10. The Balaban J connectivity index is 1.65. The van der Waals surface area contributed by atoms with Gasteiger partial charge in [0.25, 0.3) is 11.9 Å². The molecule has 0 saturated carbocycles. The number of amides is 1. The first-order valence-corrected chi connectivity index (χ1v) is 10.9. The van der Waals surface area contributed by atoms with E-state index in [-0.39, 0.29) is 5.91 Å². The van der Waals surface area contributed by atoms with Gasteiger partial charge in [0.1, 0.15) is 5.75 Å². The van der Waals surface area contributed by atoms with E-state index in [2.05, 4.69) is 21.9 Å². The number of carbonyl (C=O) groups excluding carboxylic acids is 1. The minimum absolute atomic E-state index is 0.0768. The van der Waals surface area contributed by atoms with Crippen LogP contribution in [0.15, 0.2) is 40.8 Å². The fourth-order valence-electron chi connectivity index (χ4n) is 4.13. The Labute approximate surface area is 185 Å². The number of hydrogen-bond acceptors (Lipinski definition) is 6. The van der Waals surface area contributed by atoms with Crippen LogP contribution in [0.1, 0.15) is 29.0 Å². The zero-order valence-corrected chi connectivity index (χ0v) is 19.2. The maximum absolute atomic E-state index is 13.1. The van der Waals surface area contributed by atoms with E-state index in [0.717, 1.165) is 51.3 Å². The average Bonchev–Trinajstić information content (AvgIpc) is 3.26. The van der Waals surface area contributed by atoms with E-state index in [4.69, 9.17) is 13.9 Å². The lowest BCUT2D eigenvalue weighted by molar-refractivity contribution is 0.0624.